The predicted octanol–water partition coefficient (Wildman–Crippen LogP) is 2.83. The van der Waals surface area contributed by atoms with Crippen LogP contribution >= 0.6 is 11.3 Å². The molecule has 0 radical (unpaired) electrons. The fraction of sp³-hybridized carbons (Fsp3) is 0.500. The van der Waals surface area contributed by atoms with E-state index >= 15 is 0 Å². The number of thiophene rings is 1. The zero-order chi connectivity index (χ0) is 19.2. The average Bonchev–Trinajstić information content (AvgIpc) is 3.04. The van der Waals surface area contributed by atoms with Gasteiger partial charge in [-0.05, 0) is 39.7 Å². The molecule has 0 spiro atoms. The molecule has 0 saturated heterocycles. The Morgan fingerprint density at radius 1 is 1.44 bits per heavy atom. The van der Waals surface area contributed by atoms with Gasteiger partial charge in [-0.25, -0.2) is 4.68 Å². The van der Waals surface area contributed by atoms with E-state index in [1.807, 2.05) is 37.7 Å². The number of fused-ring (bicyclic) bond motifs is 1. The molecular weight excluding hydrogens is 364 g/mol. The Bertz CT molecular complexity index is 1040. The average molecular weight is 384 g/mol. The third-order valence-corrected chi connectivity index (χ3v) is 5.27. The molecule has 1 fully saturated rings. The van der Waals surface area contributed by atoms with Crippen molar-refractivity contribution in [3.8, 4) is 6.07 Å². The molecule has 9 heteroatoms. The van der Waals surface area contributed by atoms with E-state index in [4.69, 9.17) is 4.74 Å². The first kappa shape index (κ1) is 17.7. The summed E-state index contributed by atoms with van der Waals surface area (Å²) in [5.41, 5.74) is 1.57. The summed E-state index contributed by atoms with van der Waals surface area (Å²) < 4.78 is 9.50. The van der Waals surface area contributed by atoms with Gasteiger partial charge in [0.1, 0.15) is 18.2 Å². The second-order valence-corrected chi connectivity index (χ2v) is 8.88. The summed E-state index contributed by atoms with van der Waals surface area (Å²) in [6.07, 6.45) is 4.36. The van der Waals surface area contributed by atoms with E-state index in [1.54, 1.807) is 4.68 Å². The van der Waals surface area contributed by atoms with Crippen LogP contribution in [0.2, 0.25) is 0 Å². The number of nitriles is 1. The molecule has 0 N–H and O–H groups in total. The summed E-state index contributed by atoms with van der Waals surface area (Å²) in [4.78, 5) is 13.2. The molecule has 0 aliphatic heterocycles. The molecule has 3 heterocycles. The number of esters is 1. The highest BCUT2D eigenvalue weighted by molar-refractivity contribution is 7.19. The van der Waals surface area contributed by atoms with Crippen LogP contribution in [0, 0.1) is 11.3 Å². The number of aromatic nitrogens is 5. The second-order valence-electron chi connectivity index (χ2n) is 7.75. The lowest BCUT2D eigenvalue weighted by molar-refractivity contribution is -0.155. The van der Waals surface area contributed by atoms with Crippen LogP contribution in [-0.2, 0) is 22.6 Å². The first-order valence-electron chi connectivity index (χ1n) is 8.83. The normalized spacial score (nSPS) is 14.4. The van der Waals surface area contributed by atoms with Crippen LogP contribution in [0.25, 0.3) is 10.2 Å². The zero-order valence-electron chi connectivity index (χ0n) is 15.5. The summed E-state index contributed by atoms with van der Waals surface area (Å²) >= 11 is 1.49. The lowest BCUT2D eigenvalue weighted by Crippen LogP contribution is -2.26. The largest absolute Gasteiger partial charge is 0.459 e. The summed E-state index contributed by atoms with van der Waals surface area (Å²) in [6.45, 7) is 6.01. The Morgan fingerprint density at radius 3 is 2.89 bits per heavy atom. The number of carbonyl (C=O) groups excluding carboxylic acids is 1. The molecule has 4 rings (SSSR count). The third-order valence-electron chi connectivity index (χ3n) is 4.15. The number of nitrogens with zero attached hydrogens (tertiary/aromatic N) is 6. The van der Waals surface area contributed by atoms with Gasteiger partial charge in [0.15, 0.2) is 5.69 Å². The highest BCUT2D eigenvalue weighted by Gasteiger charge is 2.26. The Kier molecular flexibility index (Phi) is 4.23. The standard InChI is InChI=1S/C18H20N6O2S/c1-18(2,3)26-16(25)10-24-15-6-12(27-17(15)13(7-19)21-24)8-23-9-14(20-22-23)11-4-5-11/h6,9,11H,4-5,8,10H2,1-3H3. The van der Waals surface area contributed by atoms with Crippen molar-refractivity contribution in [2.75, 3.05) is 0 Å². The van der Waals surface area contributed by atoms with E-state index in [0.29, 0.717) is 18.2 Å². The van der Waals surface area contributed by atoms with Gasteiger partial charge < -0.3 is 4.74 Å². The third kappa shape index (κ3) is 3.85. The van der Waals surface area contributed by atoms with Gasteiger partial charge in [-0.3, -0.25) is 9.48 Å². The van der Waals surface area contributed by atoms with E-state index in [9.17, 15) is 10.1 Å². The molecule has 0 aromatic carbocycles. The van der Waals surface area contributed by atoms with Gasteiger partial charge in [0.05, 0.1) is 22.5 Å². The van der Waals surface area contributed by atoms with Crippen LogP contribution in [0.1, 0.15) is 55.8 Å². The van der Waals surface area contributed by atoms with E-state index < -0.39 is 5.60 Å². The van der Waals surface area contributed by atoms with Gasteiger partial charge in [0, 0.05) is 17.0 Å². The Balaban J connectivity index is 1.57. The van der Waals surface area contributed by atoms with Crippen molar-refractivity contribution in [2.45, 2.75) is 58.2 Å². The molecule has 0 atom stereocenters. The van der Waals surface area contributed by atoms with Crippen LogP contribution < -0.4 is 0 Å². The highest BCUT2D eigenvalue weighted by Crippen LogP contribution is 2.38. The first-order valence-corrected chi connectivity index (χ1v) is 9.65. The molecule has 1 aliphatic carbocycles. The van der Waals surface area contributed by atoms with Gasteiger partial charge in [-0.2, -0.15) is 10.4 Å². The van der Waals surface area contributed by atoms with Gasteiger partial charge in [-0.1, -0.05) is 5.21 Å². The van der Waals surface area contributed by atoms with Crippen molar-refractivity contribution < 1.29 is 9.53 Å². The molecule has 1 saturated carbocycles. The summed E-state index contributed by atoms with van der Waals surface area (Å²) in [7, 11) is 0. The number of hydrogen-bond acceptors (Lipinski definition) is 7. The molecule has 0 unspecified atom stereocenters. The van der Waals surface area contributed by atoms with Gasteiger partial charge >= 0.3 is 5.97 Å². The van der Waals surface area contributed by atoms with Crippen LogP contribution in [0.4, 0.5) is 0 Å². The predicted molar refractivity (Wildman–Crippen MR) is 99.3 cm³/mol. The summed E-state index contributed by atoms with van der Waals surface area (Å²) in [5.74, 6) is 0.184. The highest BCUT2D eigenvalue weighted by atomic mass is 32.1. The summed E-state index contributed by atoms with van der Waals surface area (Å²) in [6, 6.07) is 4.06. The van der Waals surface area contributed by atoms with Crippen LogP contribution in [0.3, 0.4) is 0 Å². The summed E-state index contributed by atoms with van der Waals surface area (Å²) in [5, 5.41) is 22.0. The Hall–Kier alpha value is -2.73. The van der Waals surface area contributed by atoms with Crippen molar-refractivity contribution in [1.29, 1.82) is 5.26 Å². The lowest BCUT2D eigenvalue weighted by atomic mass is 10.2. The monoisotopic (exact) mass is 384 g/mol. The van der Waals surface area contributed by atoms with Gasteiger partial charge in [0.25, 0.3) is 0 Å². The second kappa shape index (κ2) is 6.46. The maximum Gasteiger partial charge on any atom is 0.328 e. The van der Waals surface area contributed by atoms with Crippen LogP contribution in [0.5, 0.6) is 0 Å². The fourth-order valence-electron chi connectivity index (χ4n) is 2.90. The minimum absolute atomic E-state index is 0.0270. The SMILES string of the molecule is CC(C)(C)OC(=O)Cn1nc(C#N)c2sc(Cn3cc(C4CC4)nn3)cc21. The van der Waals surface area contributed by atoms with Crippen LogP contribution in [-0.4, -0.2) is 36.3 Å². The molecule has 0 amide bonds. The van der Waals surface area contributed by atoms with E-state index in [-0.39, 0.29) is 12.5 Å². The number of carbonyl (C=O) groups is 1. The smallest absolute Gasteiger partial charge is 0.328 e. The first-order chi connectivity index (χ1) is 12.8. The minimum atomic E-state index is -0.562. The molecule has 140 valence electrons. The molecule has 0 bridgehead atoms. The van der Waals surface area contributed by atoms with E-state index in [2.05, 4.69) is 21.5 Å². The molecule has 3 aromatic rings. The number of ether oxygens (including phenoxy) is 1. The van der Waals surface area contributed by atoms with Crippen molar-refractivity contribution in [3.63, 3.8) is 0 Å². The van der Waals surface area contributed by atoms with Gasteiger partial charge in [0.2, 0.25) is 0 Å². The quantitative estimate of drug-likeness (QED) is 0.627. The zero-order valence-corrected chi connectivity index (χ0v) is 16.3. The molecular formula is C18H20N6O2S. The van der Waals surface area contributed by atoms with E-state index in [0.717, 1.165) is 20.8 Å². The van der Waals surface area contributed by atoms with Crippen molar-refractivity contribution in [2.24, 2.45) is 0 Å². The topological polar surface area (TPSA) is 98.6 Å². The number of hydrogen-bond donors (Lipinski definition) is 0. The minimum Gasteiger partial charge on any atom is -0.459 e. The maximum absolute atomic E-state index is 12.2. The molecule has 3 aromatic heterocycles. The maximum atomic E-state index is 12.2. The van der Waals surface area contributed by atoms with Crippen LogP contribution in [0.15, 0.2) is 12.3 Å². The van der Waals surface area contributed by atoms with E-state index in [1.165, 1.54) is 24.2 Å². The van der Waals surface area contributed by atoms with Gasteiger partial charge in [-0.15, -0.1) is 16.4 Å². The van der Waals surface area contributed by atoms with Crippen molar-refractivity contribution in [1.82, 2.24) is 24.8 Å². The Labute approximate surface area is 160 Å². The fourth-order valence-corrected chi connectivity index (χ4v) is 3.98. The molecule has 8 nitrogen and oxygen atoms in total. The number of rotatable bonds is 5. The molecule has 27 heavy (non-hydrogen) atoms. The lowest BCUT2D eigenvalue weighted by Gasteiger charge is -2.19. The molecule has 1 aliphatic rings. The van der Waals surface area contributed by atoms with Crippen molar-refractivity contribution >= 4 is 27.5 Å². The van der Waals surface area contributed by atoms with Crippen molar-refractivity contribution in [3.05, 3.63) is 28.5 Å². The Morgan fingerprint density at radius 2 is 2.22 bits per heavy atom.